The van der Waals surface area contributed by atoms with Gasteiger partial charge in [-0.2, -0.15) is 11.8 Å². The van der Waals surface area contributed by atoms with E-state index < -0.39 is 11.2 Å². The van der Waals surface area contributed by atoms with Crippen LogP contribution in [0.4, 0.5) is 5.82 Å². The second-order valence-electron chi connectivity index (χ2n) is 6.55. The topological polar surface area (TPSA) is 87.1 Å². The van der Waals surface area contributed by atoms with Gasteiger partial charge in [-0.15, -0.1) is 0 Å². The minimum Gasteiger partial charge on any atom is -0.384 e. The highest BCUT2D eigenvalue weighted by Gasteiger charge is 2.23. The van der Waals surface area contributed by atoms with Crippen molar-refractivity contribution in [2.75, 3.05) is 11.5 Å². The lowest BCUT2D eigenvalue weighted by Gasteiger charge is -2.16. The normalized spacial score (nSPS) is 15.5. The van der Waals surface area contributed by atoms with Crippen molar-refractivity contribution in [1.82, 2.24) is 9.13 Å². The van der Waals surface area contributed by atoms with E-state index in [9.17, 15) is 14.4 Å². The number of nitrogens with zero attached hydrogens (tertiary/aromatic N) is 2. The monoisotopic (exact) mass is 339 g/mol. The van der Waals surface area contributed by atoms with Crippen molar-refractivity contribution in [3.8, 4) is 0 Å². The van der Waals surface area contributed by atoms with Crippen molar-refractivity contribution < 1.29 is 4.79 Å². The Labute approximate surface area is 140 Å². The number of thioether (sulfide) groups is 1. The Hall–Kier alpha value is -1.50. The number of carbonyl (C=O) groups excluding carboxylic acids is 1. The van der Waals surface area contributed by atoms with Crippen LogP contribution in [0.5, 0.6) is 0 Å². The molecule has 0 bridgehead atoms. The van der Waals surface area contributed by atoms with E-state index >= 15 is 0 Å². The molecule has 2 rings (SSSR count). The molecule has 0 saturated heterocycles. The number of rotatable bonds is 6. The van der Waals surface area contributed by atoms with E-state index in [1.54, 1.807) is 11.8 Å². The summed E-state index contributed by atoms with van der Waals surface area (Å²) in [6.45, 7) is 4.29. The Bertz CT molecular complexity index is 700. The number of Topliss-reactive ketones (excluding diaryl/α,β-unsaturated/α-hetero) is 1. The Morgan fingerprint density at radius 3 is 2.48 bits per heavy atom. The van der Waals surface area contributed by atoms with E-state index in [4.69, 9.17) is 5.73 Å². The predicted octanol–water partition coefficient (Wildman–Crippen LogP) is 1.64. The van der Waals surface area contributed by atoms with E-state index in [-0.39, 0.29) is 28.8 Å². The van der Waals surface area contributed by atoms with Gasteiger partial charge in [-0.3, -0.25) is 18.7 Å². The van der Waals surface area contributed by atoms with Gasteiger partial charge in [0, 0.05) is 18.8 Å². The van der Waals surface area contributed by atoms with Crippen LogP contribution in [0.15, 0.2) is 9.59 Å². The van der Waals surface area contributed by atoms with E-state index in [0.717, 1.165) is 17.4 Å². The first-order valence-electron chi connectivity index (χ1n) is 8.07. The number of anilines is 1. The fraction of sp³-hybridized carbons (Fsp3) is 0.688. The third-order valence-electron chi connectivity index (χ3n) is 4.16. The van der Waals surface area contributed by atoms with Crippen LogP contribution < -0.4 is 17.0 Å². The number of aromatic nitrogens is 2. The lowest BCUT2D eigenvalue weighted by Crippen LogP contribution is -2.43. The van der Waals surface area contributed by atoms with Gasteiger partial charge in [0.15, 0.2) is 5.78 Å². The summed E-state index contributed by atoms with van der Waals surface area (Å²) in [5, 5.41) is 0.491. The zero-order valence-electron chi connectivity index (χ0n) is 14.0. The molecule has 23 heavy (non-hydrogen) atoms. The number of nitrogen functional groups attached to an aromatic ring is 1. The largest absolute Gasteiger partial charge is 0.384 e. The smallest absolute Gasteiger partial charge is 0.332 e. The average Bonchev–Trinajstić information content (AvgIpc) is 3.01. The van der Waals surface area contributed by atoms with Crippen LogP contribution in [-0.4, -0.2) is 25.9 Å². The molecule has 7 heteroatoms. The molecular weight excluding hydrogens is 314 g/mol. The Morgan fingerprint density at radius 2 is 1.91 bits per heavy atom. The molecule has 128 valence electrons. The molecule has 1 aliphatic carbocycles. The number of hydrogen-bond donors (Lipinski definition) is 1. The van der Waals surface area contributed by atoms with Crippen LogP contribution in [-0.2, 0) is 13.6 Å². The van der Waals surface area contributed by atoms with Gasteiger partial charge in [0.25, 0.3) is 5.56 Å². The maximum atomic E-state index is 12.5. The molecule has 6 nitrogen and oxygen atoms in total. The van der Waals surface area contributed by atoms with Gasteiger partial charge in [-0.05, 0) is 18.8 Å². The molecule has 1 aromatic rings. The maximum absolute atomic E-state index is 12.5. The first kappa shape index (κ1) is 17.8. The standard InChI is InChI=1S/C16H25N3O3S/c1-10(2)8-19-14(17)13(15(21)18(3)16(19)22)12(20)9-23-11-6-4-5-7-11/h10-11H,4-9,17H2,1-3H3. The first-order valence-corrected chi connectivity index (χ1v) is 9.12. The lowest BCUT2D eigenvalue weighted by molar-refractivity contribution is 0.102. The number of nitrogens with two attached hydrogens (primary N) is 1. The van der Waals surface area contributed by atoms with Crippen LogP contribution in [0.3, 0.4) is 0 Å². The van der Waals surface area contributed by atoms with Crippen molar-refractivity contribution >= 4 is 23.4 Å². The zero-order chi connectivity index (χ0) is 17.1. The van der Waals surface area contributed by atoms with Crippen molar-refractivity contribution in [3.05, 3.63) is 26.4 Å². The Morgan fingerprint density at radius 1 is 1.30 bits per heavy atom. The zero-order valence-corrected chi connectivity index (χ0v) is 14.8. The van der Waals surface area contributed by atoms with Gasteiger partial charge in [-0.25, -0.2) is 4.79 Å². The molecule has 1 saturated carbocycles. The van der Waals surface area contributed by atoms with Crippen molar-refractivity contribution in [1.29, 1.82) is 0 Å². The molecule has 0 unspecified atom stereocenters. The van der Waals surface area contributed by atoms with Crippen LogP contribution >= 0.6 is 11.8 Å². The fourth-order valence-corrected chi connectivity index (χ4v) is 4.11. The molecule has 0 amide bonds. The molecule has 0 aromatic carbocycles. The van der Waals surface area contributed by atoms with Crippen molar-refractivity contribution in [2.45, 2.75) is 51.3 Å². The molecule has 0 radical (unpaired) electrons. The van der Waals surface area contributed by atoms with Crippen molar-refractivity contribution in [2.24, 2.45) is 13.0 Å². The summed E-state index contributed by atoms with van der Waals surface area (Å²) in [6, 6.07) is 0. The van der Waals surface area contributed by atoms with Gasteiger partial charge in [0.05, 0.1) is 5.75 Å². The third kappa shape index (κ3) is 3.88. The molecule has 0 spiro atoms. The average molecular weight is 339 g/mol. The fourth-order valence-electron chi connectivity index (χ4n) is 2.91. The molecule has 1 aromatic heterocycles. The summed E-state index contributed by atoms with van der Waals surface area (Å²) in [7, 11) is 1.39. The highest BCUT2D eigenvalue weighted by atomic mass is 32.2. The second-order valence-corrected chi connectivity index (χ2v) is 7.84. The molecule has 1 fully saturated rings. The maximum Gasteiger partial charge on any atom is 0.332 e. The summed E-state index contributed by atoms with van der Waals surface area (Å²) in [6.07, 6.45) is 4.65. The third-order valence-corrected chi connectivity index (χ3v) is 5.53. The minimum atomic E-state index is -0.593. The van der Waals surface area contributed by atoms with Crippen LogP contribution in [0, 0.1) is 5.92 Å². The highest BCUT2D eigenvalue weighted by Crippen LogP contribution is 2.29. The highest BCUT2D eigenvalue weighted by molar-refractivity contribution is 8.00. The van der Waals surface area contributed by atoms with Gasteiger partial charge in [0.2, 0.25) is 0 Å². The summed E-state index contributed by atoms with van der Waals surface area (Å²) >= 11 is 1.59. The van der Waals surface area contributed by atoms with Gasteiger partial charge in [0.1, 0.15) is 11.4 Å². The first-order chi connectivity index (χ1) is 10.8. The molecule has 1 aliphatic rings. The summed E-state index contributed by atoms with van der Waals surface area (Å²) in [4.78, 5) is 37.1. The lowest BCUT2D eigenvalue weighted by atomic mass is 10.2. The van der Waals surface area contributed by atoms with Crippen LogP contribution in [0.2, 0.25) is 0 Å². The van der Waals surface area contributed by atoms with Gasteiger partial charge in [-0.1, -0.05) is 26.7 Å². The second kappa shape index (κ2) is 7.38. The van der Waals surface area contributed by atoms with E-state index in [1.807, 2.05) is 13.8 Å². The van der Waals surface area contributed by atoms with Gasteiger partial charge < -0.3 is 5.73 Å². The van der Waals surface area contributed by atoms with E-state index in [1.165, 1.54) is 24.5 Å². The van der Waals surface area contributed by atoms with Crippen molar-refractivity contribution in [3.63, 3.8) is 0 Å². The predicted molar refractivity (Wildman–Crippen MR) is 94.2 cm³/mol. The molecule has 1 heterocycles. The number of carbonyl (C=O) groups is 1. The molecule has 0 atom stereocenters. The Kier molecular flexibility index (Phi) is 5.73. The summed E-state index contributed by atoms with van der Waals surface area (Å²) in [5.41, 5.74) is 4.90. The van der Waals surface area contributed by atoms with E-state index in [0.29, 0.717) is 11.8 Å². The van der Waals surface area contributed by atoms with Crippen LogP contribution in [0.25, 0.3) is 0 Å². The number of ketones is 1. The molecule has 0 aliphatic heterocycles. The molecule has 2 N–H and O–H groups in total. The number of hydrogen-bond acceptors (Lipinski definition) is 5. The summed E-state index contributed by atoms with van der Waals surface area (Å²) in [5.74, 6) is 0.147. The van der Waals surface area contributed by atoms with Crippen LogP contribution in [0.1, 0.15) is 49.9 Å². The van der Waals surface area contributed by atoms with E-state index in [2.05, 4.69) is 0 Å². The minimum absolute atomic E-state index is 0.00354. The summed E-state index contributed by atoms with van der Waals surface area (Å²) < 4.78 is 2.31. The molecular formula is C16H25N3O3S. The van der Waals surface area contributed by atoms with Gasteiger partial charge >= 0.3 is 5.69 Å². The Balaban J connectivity index is 2.32. The quantitative estimate of drug-likeness (QED) is 0.796. The SMILES string of the molecule is CC(C)Cn1c(N)c(C(=O)CSC2CCCC2)c(=O)n(C)c1=O.